The molecule has 4 nitrogen and oxygen atoms in total. The van der Waals surface area contributed by atoms with Gasteiger partial charge in [0.1, 0.15) is 0 Å². The molecule has 1 heterocycles. The molecule has 14 heavy (non-hydrogen) atoms. The van der Waals surface area contributed by atoms with Gasteiger partial charge >= 0.3 is 6.03 Å². The van der Waals surface area contributed by atoms with Crippen LogP contribution in [0.15, 0.2) is 35.7 Å². The van der Waals surface area contributed by atoms with Gasteiger partial charge in [-0.3, -0.25) is 0 Å². The topological polar surface area (TPSA) is 54.3 Å². The molecular formula is C10H14N2O2. The van der Waals surface area contributed by atoms with Crippen molar-refractivity contribution in [2.45, 2.75) is 6.42 Å². The van der Waals surface area contributed by atoms with Gasteiger partial charge < -0.3 is 15.1 Å². The maximum Gasteiger partial charge on any atom is 0.315 e. The maximum atomic E-state index is 11.0. The van der Waals surface area contributed by atoms with Gasteiger partial charge in [0, 0.05) is 13.1 Å². The number of nitrogens with one attached hydrogen (secondary N) is 2. The molecule has 0 aliphatic carbocycles. The number of carbonyl (C=O) groups is 1. The average Bonchev–Trinajstić information content (AvgIpc) is 2.67. The Bertz CT molecular complexity index is 280. The molecule has 0 fully saturated rings. The lowest BCUT2D eigenvalue weighted by molar-refractivity contribution is 0.242. The Morgan fingerprint density at radius 2 is 2.43 bits per heavy atom. The van der Waals surface area contributed by atoms with Crippen LogP contribution >= 0.6 is 0 Å². The largest absolute Gasteiger partial charge is 0.472 e. The molecule has 0 atom stereocenters. The van der Waals surface area contributed by atoms with Crippen LogP contribution in [0.1, 0.15) is 5.56 Å². The minimum Gasteiger partial charge on any atom is -0.472 e. The second-order valence-electron chi connectivity index (χ2n) is 2.81. The van der Waals surface area contributed by atoms with Crippen LogP contribution in [0.4, 0.5) is 4.79 Å². The molecule has 0 aromatic carbocycles. The van der Waals surface area contributed by atoms with Crippen LogP contribution in [0.25, 0.3) is 0 Å². The molecule has 0 radical (unpaired) electrons. The number of hydrogen-bond donors (Lipinski definition) is 2. The van der Waals surface area contributed by atoms with E-state index >= 15 is 0 Å². The van der Waals surface area contributed by atoms with Gasteiger partial charge in [0.2, 0.25) is 0 Å². The van der Waals surface area contributed by atoms with E-state index in [1.807, 2.05) is 6.07 Å². The van der Waals surface area contributed by atoms with E-state index in [9.17, 15) is 4.79 Å². The van der Waals surface area contributed by atoms with E-state index in [4.69, 9.17) is 4.42 Å². The zero-order valence-electron chi connectivity index (χ0n) is 7.95. The molecule has 0 saturated heterocycles. The molecule has 1 aromatic rings. The fourth-order valence-corrected chi connectivity index (χ4v) is 0.983. The van der Waals surface area contributed by atoms with E-state index in [1.54, 1.807) is 18.6 Å². The molecule has 2 amide bonds. The van der Waals surface area contributed by atoms with Crippen molar-refractivity contribution in [1.29, 1.82) is 0 Å². The molecule has 0 unspecified atom stereocenters. The van der Waals surface area contributed by atoms with Gasteiger partial charge in [0.25, 0.3) is 0 Å². The lowest BCUT2D eigenvalue weighted by Gasteiger charge is -2.04. The van der Waals surface area contributed by atoms with Crippen molar-refractivity contribution in [3.8, 4) is 0 Å². The maximum absolute atomic E-state index is 11.0. The van der Waals surface area contributed by atoms with Crippen molar-refractivity contribution in [2.24, 2.45) is 0 Å². The predicted molar refractivity (Wildman–Crippen MR) is 54.0 cm³/mol. The smallest absolute Gasteiger partial charge is 0.315 e. The Balaban J connectivity index is 2.09. The normalized spacial score (nSPS) is 9.43. The van der Waals surface area contributed by atoms with Crippen molar-refractivity contribution < 1.29 is 9.21 Å². The zero-order valence-corrected chi connectivity index (χ0v) is 7.95. The van der Waals surface area contributed by atoms with Crippen molar-refractivity contribution in [1.82, 2.24) is 10.6 Å². The molecule has 0 spiro atoms. The average molecular weight is 194 g/mol. The molecule has 4 heteroatoms. The lowest BCUT2D eigenvalue weighted by atomic mass is 10.2. The first-order chi connectivity index (χ1) is 6.83. The molecule has 1 rings (SSSR count). The predicted octanol–water partition coefficient (Wildman–Crippen LogP) is 1.31. The molecular weight excluding hydrogens is 180 g/mol. The van der Waals surface area contributed by atoms with Crippen LogP contribution in [0.5, 0.6) is 0 Å². The first-order valence-corrected chi connectivity index (χ1v) is 4.46. The number of carbonyl (C=O) groups excluding carboxylic acids is 1. The molecule has 76 valence electrons. The number of urea groups is 1. The van der Waals surface area contributed by atoms with Gasteiger partial charge in [-0.25, -0.2) is 4.79 Å². The summed E-state index contributed by atoms with van der Waals surface area (Å²) < 4.78 is 4.90. The van der Waals surface area contributed by atoms with Gasteiger partial charge in [0.15, 0.2) is 0 Å². The fourth-order valence-electron chi connectivity index (χ4n) is 0.983. The highest BCUT2D eigenvalue weighted by molar-refractivity contribution is 5.73. The van der Waals surface area contributed by atoms with E-state index in [0.717, 1.165) is 12.0 Å². The highest BCUT2D eigenvalue weighted by Crippen LogP contribution is 1.99. The van der Waals surface area contributed by atoms with E-state index in [0.29, 0.717) is 13.1 Å². The van der Waals surface area contributed by atoms with Crippen LogP contribution in [0, 0.1) is 0 Å². The minimum absolute atomic E-state index is 0.173. The Morgan fingerprint density at radius 1 is 1.57 bits per heavy atom. The van der Waals surface area contributed by atoms with Crippen molar-refractivity contribution in [2.75, 3.05) is 13.1 Å². The summed E-state index contributed by atoms with van der Waals surface area (Å²) in [6.45, 7) is 4.58. The second-order valence-corrected chi connectivity index (χ2v) is 2.81. The summed E-state index contributed by atoms with van der Waals surface area (Å²) in [6, 6.07) is 1.71. The molecule has 1 aromatic heterocycles. The standard InChI is InChI=1S/C10H14N2O2/c1-2-5-11-10(13)12-6-3-9-4-7-14-8-9/h2,4,7-8H,1,3,5-6H2,(H2,11,12,13). The Kier molecular flexibility index (Phi) is 4.34. The van der Waals surface area contributed by atoms with Gasteiger partial charge in [-0.05, 0) is 18.1 Å². The van der Waals surface area contributed by atoms with Crippen molar-refractivity contribution in [3.63, 3.8) is 0 Å². The summed E-state index contributed by atoms with van der Waals surface area (Å²) in [5, 5.41) is 5.34. The highest BCUT2D eigenvalue weighted by atomic mass is 16.3. The number of rotatable bonds is 5. The van der Waals surface area contributed by atoms with Crippen LogP contribution in [-0.4, -0.2) is 19.1 Å². The van der Waals surface area contributed by atoms with Crippen molar-refractivity contribution in [3.05, 3.63) is 36.8 Å². The second kappa shape index (κ2) is 5.85. The van der Waals surface area contributed by atoms with E-state index in [-0.39, 0.29) is 6.03 Å². The molecule has 0 saturated carbocycles. The highest BCUT2D eigenvalue weighted by Gasteiger charge is 1.98. The summed E-state index contributed by atoms with van der Waals surface area (Å²) in [5.74, 6) is 0. The summed E-state index contributed by atoms with van der Waals surface area (Å²) >= 11 is 0. The zero-order chi connectivity index (χ0) is 10.2. The number of hydrogen-bond acceptors (Lipinski definition) is 2. The van der Waals surface area contributed by atoms with Gasteiger partial charge in [-0.1, -0.05) is 6.08 Å². The summed E-state index contributed by atoms with van der Waals surface area (Å²) in [6.07, 6.45) is 5.70. The number of amides is 2. The molecule has 2 N–H and O–H groups in total. The Labute approximate surface area is 83.0 Å². The summed E-state index contributed by atoms with van der Waals surface area (Å²) in [4.78, 5) is 11.0. The number of furan rings is 1. The Hall–Kier alpha value is -1.71. The van der Waals surface area contributed by atoms with Gasteiger partial charge in [-0.15, -0.1) is 6.58 Å². The summed E-state index contributed by atoms with van der Waals surface area (Å²) in [7, 11) is 0. The molecule has 0 aliphatic rings. The third-order valence-electron chi connectivity index (χ3n) is 1.69. The quantitative estimate of drug-likeness (QED) is 0.694. The molecule has 0 bridgehead atoms. The first kappa shape index (κ1) is 10.4. The van der Waals surface area contributed by atoms with Gasteiger partial charge in [-0.2, -0.15) is 0 Å². The van der Waals surface area contributed by atoms with Crippen LogP contribution in [0.2, 0.25) is 0 Å². The minimum atomic E-state index is -0.173. The molecule has 0 aliphatic heterocycles. The summed E-state index contributed by atoms with van der Waals surface area (Å²) in [5.41, 5.74) is 1.08. The third kappa shape index (κ3) is 3.80. The monoisotopic (exact) mass is 194 g/mol. The third-order valence-corrected chi connectivity index (χ3v) is 1.69. The Morgan fingerprint density at radius 3 is 3.07 bits per heavy atom. The van der Waals surface area contributed by atoms with Crippen LogP contribution in [-0.2, 0) is 6.42 Å². The van der Waals surface area contributed by atoms with E-state index in [1.165, 1.54) is 0 Å². The first-order valence-electron chi connectivity index (χ1n) is 4.46. The van der Waals surface area contributed by atoms with E-state index in [2.05, 4.69) is 17.2 Å². The van der Waals surface area contributed by atoms with Crippen molar-refractivity contribution >= 4 is 6.03 Å². The SMILES string of the molecule is C=CCNC(=O)NCCc1ccoc1. The fraction of sp³-hybridized carbons (Fsp3) is 0.300. The van der Waals surface area contributed by atoms with Gasteiger partial charge in [0.05, 0.1) is 12.5 Å². The van der Waals surface area contributed by atoms with Crippen LogP contribution < -0.4 is 10.6 Å². The lowest BCUT2D eigenvalue weighted by Crippen LogP contribution is -2.36. The van der Waals surface area contributed by atoms with Crippen LogP contribution in [0.3, 0.4) is 0 Å². The van der Waals surface area contributed by atoms with E-state index < -0.39 is 0 Å².